The maximum Gasteiger partial charge on any atom is 0.337 e. The Kier molecular flexibility index (Phi) is 8.87. The highest BCUT2D eigenvalue weighted by Crippen LogP contribution is 2.37. The van der Waals surface area contributed by atoms with Gasteiger partial charge in [0.15, 0.2) is 17.3 Å². The smallest absolute Gasteiger partial charge is 0.337 e. The van der Waals surface area contributed by atoms with Gasteiger partial charge in [-0.2, -0.15) is 4.98 Å². The molecule has 3 aromatic rings. The van der Waals surface area contributed by atoms with E-state index in [-0.39, 0.29) is 0 Å². The van der Waals surface area contributed by atoms with Crippen molar-refractivity contribution in [2.75, 3.05) is 87.4 Å². The van der Waals surface area contributed by atoms with Gasteiger partial charge in [-0.05, 0) is 30.7 Å². The summed E-state index contributed by atoms with van der Waals surface area (Å²) in [5.74, 6) is 1.93. The fourth-order valence-corrected chi connectivity index (χ4v) is 4.75. The lowest BCUT2D eigenvalue weighted by molar-refractivity contribution is 0.0321. The molecule has 2 aliphatic heterocycles. The molecule has 2 saturated heterocycles. The molecular weight excluding hydrogens is 520 g/mol. The largest absolute Gasteiger partial charge is 0.493 e. The van der Waals surface area contributed by atoms with Crippen molar-refractivity contribution in [2.24, 2.45) is 0 Å². The summed E-state index contributed by atoms with van der Waals surface area (Å²) < 4.78 is 23.9. The van der Waals surface area contributed by atoms with Gasteiger partial charge in [0.05, 0.1) is 39.1 Å². The highest BCUT2D eigenvalue weighted by Gasteiger charge is 2.24. The van der Waals surface area contributed by atoms with Crippen LogP contribution in [0.1, 0.15) is 5.56 Å². The third-order valence-electron chi connectivity index (χ3n) is 6.67. The van der Waals surface area contributed by atoms with Crippen molar-refractivity contribution in [3.05, 3.63) is 42.0 Å². The van der Waals surface area contributed by atoms with Crippen molar-refractivity contribution in [1.29, 1.82) is 0 Å². The molecule has 5 rings (SSSR count). The van der Waals surface area contributed by atoms with Gasteiger partial charge < -0.3 is 29.2 Å². The molecule has 12 heteroatoms. The molecule has 2 fully saturated rings. The van der Waals surface area contributed by atoms with Crippen molar-refractivity contribution in [3.8, 4) is 11.5 Å². The Labute approximate surface area is 233 Å². The van der Waals surface area contributed by atoms with E-state index in [9.17, 15) is 4.79 Å². The maximum atomic E-state index is 13.3. The fraction of sp³-hybridized carbons (Fsp3) is 0.444. The van der Waals surface area contributed by atoms with Crippen molar-refractivity contribution < 1.29 is 23.7 Å². The number of anilines is 3. The average Bonchev–Trinajstić information content (AvgIpc) is 2.97. The molecule has 0 saturated carbocycles. The van der Waals surface area contributed by atoms with Crippen LogP contribution in [0.3, 0.4) is 0 Å². The van der Waals surface area contributed by atoms with E-state index in [1.165, 1.54) is 4.31 Å². The standard InChI is InChI=1S/C27H34N6O5S/c1-19-4-3-5-20(16-19)28-27(34)33(39)25-21-17-24(38-15-8-31-6-11-36-12-7-31)23(35-2)18-22(21)29-26(30-25)32-9-13-37-14-10-32/h3-5,16-18,39H,6-15H2,1-2H3,(H,28,34). The summed E-state index contributed by atoms with van der Waals surface area (Å²) in [7, 11) is 1.60. The van der Waals surface area contributed by atoms with Crippen molar-refractivity contribution >= 4 is 47.2 Å². The predicted molar refractivity (Wildman–Crippen MR) is 154 cm³/mol. The molecule has 2 amide bonds. The van der Waals surface area contributed by atoms with Gasteiger partial charge in [0.25, 0.3) is 0 Å². The number of ether oxygens (including phenoxy) is 4. The van der Waals surface area contributed by atoms with E-state index >= 15 is 0 Å². The number of nitrogens with one attached hydrogen (secondary N) is 1. The van der Waals surface area contributed by atoms with Crippen LogP contribution in [-0.2, 0) is 9.47 Å². The molecule has 0 radical (unpaired) electrons. The number of nitrogens with zero attached hydrogens (tertiary/aromatic N) is 5. The second-order valence-electron chi connectivity index (χ2n) is 9.38. The summed E-state index contributed by atoms with van der Waals surface area (Å²) in [4.78, 5) is 27.2. The van der Waals surface area contributed by atoms with E-state index < -0.39 is 6.03 Å². The van der Waals surface area contributed by atoms with Crippen molar-refractivity contribution in [3.63, 3.8) is 0 Å². The second kappa shape index (κ2) is 12.7. The normalized spacial score (nSPS) is 16.2. The molecule has 0 bridgehead atoms. The number of carbonyl (C=O) groups is 1. The number of aryl methyl sites for hydroxylation is 1. The first-order valence-corrected chi connectivity index (χ1v) is 13.4. The van der Waals surface area contributed by atoms with Gasteiger partial charge in [-0.3, -0.25) is 4.90 Å². The average molecular weight is 555 g/mol. The Morgan fingerprint density at radius 3 is 2.51 bits per heavy atom. The monoisotopic (exact) mass is 554 g/mol. The van der Waals surface area contributed by atoms with Crippen LogP contribution in [0.15, 0.2) is 36.4 Å². The van der Waals surface area contributed by atoms with Gasteiger partial charge in [0, 0.05) is 49.9 Å². The molecule has 0 unspecified atom stereocenters. The molecule has 3 heterocycles. The van der Waals surface area contributed by atoms with Crippen molar-refractivity contribution in [1.82, 2.24) is 14.9 Å². The first-order chi connectivity index (χ1) is 19.0. The lowest BCUT2D eigenvalue weighted by Crippen LogP contribution is -2.38. The Bertz CT molecular complexity index is 1300. The Balaban J connectivity index is 1.47. The highest BCUT2D eigenvalue weighted by atomic mass is 32.1. The number of fused-ring (bicyclic) bond motifs is 1. The number of hydrogen-bond donors (Lipinski definition) is 2. The van der Waals surface area contributed by atoms with Crippen LogP contribution in [0.2, 0.25) is 0 Å². The fourth-order valence-electron chi connectivity index (χ4n) is 4.55. The van der Waals surface area contributed by atoms with E-state index in [1.54, 1.807) is 7.11 Å². The lowest BCUT2D eigenvalue weighted by Gasteiger charge is -2.28. The number of thiol groups is 1. The molecule has 1 aromatic heterocycles. The van der Waals surface area contributed by atoms with E-state index in [2.05, 4.69) is 23.0 Å². The third-order valence-corrected chi connectivity index (χ3v) is 7.05. The quantitative estimate of drug-likeness (QED) is 0.406. The Morgan fingerprint density at radius 2 is 1.79 bits per heavy atom. The van der Waals surface area contributed by atoms with Crippen LogP contribution >= 0.6 is 12.8 Å². The van der Waals surface area contributed by atoms with Crippen LogP contribution in [-0.4, -0.2) is 93.8 Å². The second-order valence-corrected chi connectivity index (χ2v) is 9.78. The number of methoxy groups -OCH3 is 1. The topological polar surface area (TPSA) is 102 Å². The van der Waals surface area contributed by atoms with Crippen molar-refractivity contribution in [2.45, 2.75) is 6.92 Å². The maximum absolute atomic E-state index is 13.3. The van der Waals surface area contributed by atoms with E-state index in [1.807, 2.05) is 48.2 Å². The number of morpholine rings is 2. The molecule has 1 N–H and O–H groups in total. The van der Waals surface area contributed by atoms with Gasteiger partial charge in [0.2, 0.25) is 5.95 Å². The van der Waals surface area contributed by atoms with Gasteiger partial charge in [-0.1, -0.05) is 24.9 Å². The first-order valence-electron chi connectivity index (χ1n) is 13.0. The third kappa shape index (κ3) is 6.64. The van der Waals surface area contributed by atoms with Gasteiger partial charge in [-0.15, -0.1) is 0 Å². The molecule has 0 spiro atoms. The van der Waals surface area contributed by atoms with Crippen LogP contribution < -0.4 is 24.0 Å². The number of urea groups is 1. The summed E-state index contributed by atoms with van der Waals surface area (Å²) in [6.45, 7) is 8.87. The van der Waals surface area contributed by atoms with Crippen LogP contribution in [0, 0.1) is 6.92 Å². The molecule has 2 aromatic carbocycles. The zero-order valence-electron chi connectivity index (χ0n) is 22.3. The van der Waals surface area contributed by atoms with Gasteiger partial charge in [0.1, 0.15) is 6.61 Å². The first kappa shape index (κ1) is 27.3. The zero-order valence-corrected chi connectivity index (χ0v) is 23.2. The molecule has 39 heavy (non-hydrogen) atoms. The number of hydrogen-bond acceptors (Lipinski definition) is 10. The number of aromatic nitrogens is 2. The van der Waals surface area contributed by atoms with Crippen LogP contribution in [0.25, 0.3) is 10.9 Å². The van der Waals surface area contributed by atoms with E-state index in [4.69, 9.17) is 28.9 Å². The minimum absolute atomic E-state index is 0.343. The number of carbonyl (C=O) groups excluding carboxylic acids is 1. The summed E-state index contributed by atoms with van der Waals surface area (Å²) in [5, 5.41) is 3.51. The van der Waals surface area contributed by atoms with Crippen LogP contribution in [0.5, 0.6) is 11.5 Å². The molecule has 0 atom stereocenters. The number of amides is 2. The molecule has 208 valence electrons. The van der Waals surface area contributed by atoms with Gasteiger partial charge >= 0.3 is 6.03 Å². The minimum atomic E-state index is -0.442. The number of rotatable bonds is 8. The molecule has 11 nitrogen and oxygen atoms in total. The lowest BCUT2D eigenvalue weighted by atomic mass is 10.2. The predicted octanol–water partition coefficient (Wildman–Crippen LogP) is 3.38. The van der Waals surface area contributed by atoms with Crippen LogP contribution in [0.4, 0.5) is 22.2 Å². The zero-order chi connectivity index (χ0) is 27.2. The summed E-state index contributed by atoms with van der Waals surface area (Å²) >= 11 is 4.58. The molecule has 2 aliphatic rings. The minimum Gasteiger partial charge on any atom is -0.493 e. The Hall–Kier alpha value is -3.32. The summed E-state index contributed by atoms with van der Waals surface area (Å²) in [6.07, 6.45) is 0. The highest BCUT2D eigenvalue weighted by molar-refractivity contribution is 7.82. The molecular formula is C27H34N6O5S. The molecule has 0 aliphatic carbocycles. The van der Waals surface area contributed by atoms with E-state index in [0.29, 0.717) is 72.8 Å². The Morgan fingerprint density at radius 1 is 1.05 bits per heavy atom. The summed E-state index contributed by atoms with van der Waals surface area (Å²) in [6, 6.07) is 10.8. The van der Waals surface area contributed by atoms with Gasteiger partial charge in [-0.25, -0.2) is 14.1 Å². The summed E-state index contributed by atoms with van der Waals surface area (Å²) in [5.41, 5.74) is 2.31. The number of benzene rings is 2. The van der Waals surface area contributed by atoms with E-state index in [0.717, 1.165) is 38.4 Å². The SMILES string of the molecule is COc1cc2nc(N3CCOCC3)nc(N(S)C(=O)Nc3cccc(C)c3)c2cc1OCCN1CCOCC1.